The molecule has 9 nitrogen and oxygen atoms in total. The second kappa shape index (κ2) is 12.7. The number of ether oxygens (including phenoxy) is 3. The number of rotatable bonds is 13. The van der Waals surface area contributed by atoms with Gasteiger partial charge in [0.15, 0.2) is 0 Å². The van der Waals surface area contributed by atoms with Crippen molar-refractivity contribution in [1.82, 2.24) is 10.6 Å². The minimum Gasteiger partial charge on any atom is -0.481 e. The molecule has 2 aromatic carbocycles. The largest absolute Gasteiger partial charge is 0.481 e. The summed E-state index contributed by atoms with van der Waals surface area (Å²) in [6, 6.07) is 16.2. The van der Waals surface area contributed by atoms with E-state index in [0.29, 0.717) is 0 Å². The lowest BCUT2D eigenvalue weighted by Gasteiger charge is -2.17. The van der Waals surface area contributed by atoms with Gasteiger partial charge in [0.1, 0.15) is 12.7 Å². The molecule has 0 bridgehead atoms. The maximum atomic E-state index is 12.3. The SMILES string of the molecule is COC(CCNC(=O)OCC1c2ccccc2-c2ccccc21)C(=O)NCCOCCC(=O)O. The predicted octanol–water partition coefficient (Wildman–Crippen LogP) is 2.54. The van der Waals surface area contributed by atoms with E-state index in [1.54, 1.807) is 0 Å². The quantitative estimate of drug-likeness (QED) is 0.385. The highest BCUT2D eigenvalue weighted by molar-refractivity contribution is 5.81. The van der Waals surface area contributed by atoms with Crippen LogP contribution in [0.3, 0.4) is 0 Å². The number of hydrogen-bond acceptors (Lipinski definition) is 6. The standard InChI is InChI=1S/C25H30N2O7/c1-32-22(24(30)26-13-15-33-14-11-23(28)29)10-12-27-25(31)34-16-21-19-8-4-2-6-17(19)18-7-3-5-9-20(18)21/h2-9,21-22H,10-16H2,1H3,(H,26,30)(H,27,31)(H,28,29). The van der Waals surface area contributed by atoms with Crippen molar-refractivity contribution in [2.75, 3.05) is 40.0 Å². The zero-order chi connectivity index (χ0) is 24.3. The lowest BCUT2D eigenvalue weighted by molar-refractivity contribution is -0.138. The van der Waals surface area contributed by atoms with Crippen LogP contribution in [0, 0.1) is 0 Å². The number of carbonyl (C=O) groups is 3. The monoisotopic (exact) mass is 470 g/mol. The molecule has 3 rings (SSSR count). The van der Waals surface area contributed by atoms with E-state index in [2.05, 4.69) is 34.9 Å². The van der Waals surface area contributed by atoms with Gasteiger partial charge in [-0.3, -0.25) is 9.59 Å². The van der Waals surface area contributed by atoms with Crippen LogP contribution in [0.25, 0.3) is 11.1 Å². The van der Waals surface area contributed by atoms with E-state index in [-0.39, 0.29) is 57.6 Å². The molecule has 2 amide bonds. The molecule has 0 heterocycles. The van der Waals surface area contributed by atoms with Crippen LogP contribution >= 0.6 is 0 Å². The van der Waals surface area contributed by atoms with Crippen LogP contribution in [0.15, 0.2) is 48.5 Å². The number of alkyl carbamates (subject to hydrolysis) is 1. The van der Waals surface area contributed by atoms with Crippen molar-refractivity contribution in [1.29, 1.82) is 0 Å². The zero-order valence-corrected chi connectivity index (χ0v) is 19.1. The van der Waals surface area contributed by atoms with E-state index in [4.69, 9.17) is 19.3 Å². The Morgan fingerprint density at radius 3 is 2.21 bits per heavy atom. The molecule has 0 aromatic heterocycles. The van der Waals surface area contributed by atoms with Crippen molar-refractivity contribution in [2.24, 2.45) is 0 Å². The van der Waals surface area contributed by atoms with Gasteiger partial charge < -0.3 is 30.0 Å². The van der Waals surface area contributed by atoms with E-state index < -0.39 is 18.2 Å². The Balaban J connectivity index is 1.38. The Morgan fingerprint density at radius 1 is 0.941 bits per heavy atom. The van der Waals surface area contributed by atoms with E-state index in [1.807, 2.05) is 24.3 Å². The van der Waals surface area contributed by atoms with Crippen molar-refractivity contribution in [2.45, 2.75) is 24.9 Å². The molecular weight excluding hydrogens is 440 g/mol. The number of carbonyl (C=O) groups excluding carboxylic acids is 2. The van der Waals surface area contributed by atoms with Crippen molar-refractivity contribution in [3.63, 3.8) is 0 Å². The second-order valence-electron chi connectivity index (χ2n) is 7.81. The molecule has 0 radical (unpaired) electrons. The fourth-order valence-corrected chi connectivity index (χ4v) is 3.93. The molecule has 0 saturated heterocycles. The van der Waals surface area contributed by atoms with Gasteiger partial charge in [0.25, 0.3) is 0 Å². The number of carboxylic acid groups (broad SMARTS) is 1. The summed E-state index contributed by atoms with van der Waals surface area (Å²) in [4.78, 5) is 34.9. The summed E-state index contributed by atoms with van der Waals surface area (Å²) in [5.74, 6) is -1.29. The highest BCUT2D eigenvalue weighted by Crippen LogP contribution is 2.44. The maximum Gasteiger partial charge on any atom is 0.407 e. The van der Waals surface area contributed by atoms with Gasteiger partial charge in [-0.1, -0.05) is 48.5 Å². The molecule has 2 aromatic rings. The fraction of sp³-hybridized carbons (Fsp3) is 0.400. The average Bonchev–Trinajstić information content (AvgIpc) is 3.16. The van der Waals surface area contributed by atoms with Crippen molar-refractivity contribution < 1.29 is 33.7 Å². The number of benzene rings is 2. The Hall–Kier alpha value is -3.43. The molecule has 0 fully saturated rings. The third-order valence-electron chi connectivity index (χ3n) is 5.60. The molecule has 182 valence electrons. The van der Waals surface area contributed by atoms with Gasteiger partial charge >= 0.3 is 12.1 Å². The molecule has 1 unspecified atom stereocenters. The van der Waals surface area contributed by atoms with Crippen LogP contribution in [0.4, 0.5) is 4.79 Å². The third-order valence-corrected chi connectivity index (χ3v) is 5.60. The van der Waals surface area contributed by atoms with Gasteiger partial charge in [-0.25, -0.2) is 4.79 Å². The first-order chi connectivity index (χ1) is 16.5. The Bertz CT molecular complexity index is 949. The van der Waals surface area contributed by atoms with Crippen LogP contribution in [0.1, 0.15) is 29.9 Å². The predicted molar refractivity (Wildman–Crippen MR) is 125 cm³/mol. The van der Waals surface area contributed by atoms with Crippen molar-refractivity contribution >= 4 is 18.0 Å². The third kappa shape index (κ3) is 6.79. The summed E-state index contributed by atoms with van der Waals surface area (Å²) in [6.07, 6.45) is -1.11. The first-order valence-corrected chi connectivity index (χ1v) is 11.2. The van der Waals surface area contributed by atoms with Crippen LogP contribution < -0.4 is 10.6 Å². The number of aliphatic carboxylic acids is 1. The van der Waals surface area contributed by atoms with E-state index in [9.17, 15) is 14.4 Å². The summed E-state index contributed by atoms with van der Waals surface area (Å²) in [5.41, 5.74) is 4.60. The molecule has 1 atom stereocenters. The number of nitrogens with one attached hydrogen (secondary N) is 2. The number of fused-ring (bicyclic) bond motifs is 3. The Morgan fingerprint density at radius 2 is 1.59 bits per heavy atom. The smallest absolute Gasteiger partial charge is 0.407 e. The van der Waals surface area contributed by atoms with Gasteiger partial charge in [0.05, 0.1) is 19.6 Å². The van der Waals surface area contributed by atoms with Gasteiger partial charge in [-0.15, -0.1) is 0 Å². The lowest BCUT2D eigenvalue weighted by atomic mass is 9.98. The topological polar surface area (TPSA) is 123 Å². The minimum absolute atomic E-state index is 0.0200. The Kier molecular flexibility index (Phi) is 9.42. The maximum absolute atomic E-state index is 12.3. The summed E-state index contributed by atoms with van der Waals surface area (Å²) in [5, 5.41) is 13.9. The molecule has 9 heteroatoms. The molecular formula is C25H30N2O7. The number of carboxylic acids is 1. The van der Waals surface area contributed by atoms with Crippen LogP contribution in [-0.2, 0) is 23.8 Å². The minimum atomic E-state index is -0.938. The number of amides is 2. The number of hydrogen-bond donors (Lipinski definition) is 3. The zero-order valence-electron chi connectivity index (χ0n) is 19.1. The van der Waals surface area contributed by atoms with Gasteiger partial charge in [-0.05, 0) is 22.3 Å². The normalized spacial score (nSPS) is 13.0. The van der Waals surface area contributed by atoms with E-state index in [0.717, 1.165) is 22.3 Å². The molecule has 1 aliphatic carbocycles. The molecule has 0 aliphatic heterocycles. The van der Waals surface area contributed by atoms with E-state index in [1.165, 1.54) is 7.11 Å². The van der Waals surface area contributed by atoms with Crippen LogP contribution in [0.2, 0.25) is 0 Å². The van der Waals surface area contributed by atoms with Gasteiger partial charge in [-0.2, -0.15) is 0 Å². The molecule has 1 aliphatic rings. The first-order valence-electron chi connectivity index (χ1n) is 11.2. The molecule has 0 saturated carbocycles. The van der Waals surface area contributed by atoms with E-state index >= 15 is 0 Å². The summed E-state index contributed by atoms with van der Waals surface area (Å²) in [6.45, 7) is 0.947. The average molecular weight is 471 g/mol. The summed E-state index contributed by atoms with van der Waals surface area (Å²) in [7, 11) is 1.42. The molecule has 3 N–H and O–H groups in total. The second-order valence-corrected chi connectivity index (χ2v) is 7.81. The molecule has 34 heavy (non-hydrogen) atoms. The highest BCUT2D eigenvalue weighted by Gasteiger charge is 2.29. The van der Waals surface area contributed by atoms with Crippen molar-refractivity contribution in [3.8, 4) is 11.1 Å². The van der Waals surface area contributed by atoms with Crippen molar-refractivity contribution in [3.05, 3.63) is 59.7 Å². The lowest BCUT2D eigenvalue weighted by Crippen LogP contribution is -2.40. The first kappa shape index (κ1) is 25.2. The van der Waals surface area contributed by atoms with Crippen LogP contribution in [-0.4, -0.2) is 69.2 Å². The van der Waals surface area contributed by atoms with Crippen LogP contribution in [0.5, 0.6) is 0 Å². The van der Waals surface area contributed by atoms with Gasteiger partial charge in [0.2, 0.25) is 5.91 Å². The molecule has 0 spiro atoms. The highest BCUT2D eigenvalue weighted by atomic mass is 16.5. The fourth-order valence-electron chi connectivity index (χ4n) is 3.93. The Labute approximate surface area is 198 Å². The summed E-state index contributed by atoms with van der Waals surface area (Å²) >= 11 is 0. The summed E-state index contributed by atoms with van der Waals surface area (Å²) < 4.78 is 15.8. The number of methoxy groups -OCH3 is 1. The van der Waals surface area contributed by atoms with Gasteiger partial charge in [0, 0.05) is 32.5 Å².